The fourth-order valence-corrected chi connectivity index (χ4v) is 5.20. The van der Waals surface area contributed by atoms with E-state index in [4.69, 9.17) is 4.98 Å². The SMILES string of the molecule is Cc1cccc(N2CCN(C(=O)C3CCN(c4nc5ccc(C)cc5[nH]4)CC3)C[C@@H]2C)c1. The van der Waals surface area contributed by atoms with Crippen LogP contribution in [0.3, 0.4) is 0 Å². The maximum absolute atomic E-state index is 13.3. The maximum atomic E-state index is 13.3. The smallest absolute Gasteiger partial charge is 0.225 e. The number of carbonyl (C=O) groups is 1. The summed E-state index contributed by atoms with van der Waals surface area (Å²) in [5.74, 6) is 1.38. The van der Waals surface area contributed by atoms with E-state index in [0.29, 0.717) is 11.9 Å². The summed E-state index contributed by atoms with van der Waals surface area (Å²) in [6, 6.07) is 15.3. The Morgan fingerprint density at radius 2 is 1.78 bits per heavy atom. The standard InChI is InChI=1S/C26H33N5O/c1-18-5-4-6-22(15-18)31-14-13-30(17-20(31)3)25(32)21-9-11-29(12-10-21)26-27-23-8-7-19(2)16-24(23)28-26/h4-8,15-16,20-21H,9-14,17H2,1-3H3,(H,27,28)/t20-/m0/s1. The number of benzene rings is 2. The van der Waals surface area contributed by atoms with Crippen LogP contribution in [-0.4, -0.2) is 59.5 Å². The highest BCUT2D eigenvalue weighted by atomic mass is 16.2. The molecule has 1 atom stereocenters. The number of anilines is 2. The van der Waals surface area contributed by atoms with E-state index in [2.05, 4.69) is 82.9 Å². The average Bonchev–Trinajstić information content (AvgIpc) is 3.22. The average molecular weight is 432 g/mol. The van der Waals surface area contributed by atoms with Crippen LogP contribution in [0, 0.1) is 19.8 Å². The Morgan fingerprint density at radius 3 is 2.53 bits per heavy atom. The molecule has 0 radical (unpaired) electrons. The number of nitrogens with zero attached hydrogens (tertiary/aromatic N) is 4. The quantitative estimate of drug-likeness (QED) is 0.677. The normalized spacial score (nSPS) is 20.2. The molecule has 1 amide bonds. The number of hydrogen-bond donors (Lipinski definition) is 1. The zero-order valence-electron chi connectivity index (χ0n) is 19.3. The van der Waals surface area contributed by atoms with Crippen molar-refractivity contribution in [2.24, 2.45) is 5.92 Å². The summed E-state index contributed by atoms with van der Waals surface area (Å²) >= 11 is 0. The predicted molar refractivity (Wildman–Crippen MR) is 130 cm³/mol. The number of fused-ring (bicyclic) bond motifs is 1. The lowest BCUT2D eigenvalue weighted by atomic mass is 9.94. The first-order chi connectivity index (χ1) is 15.5. The monoisotopic (exact) mass is 431 g/mol. The van der Waals surface area contributed by atoms with Crippen LogP contribution < -0.4 is 9.80 Å². The fraction of sp³-hybridized carbons (Fsp3) is 0.462. The summed E-state index contributed by atoms with van der Waals surface area (Å²) in [5, 5.41) is 0. The third-order valence-corrected chi connectivity index (χ3v) is 7.04. The highest BCUT2D eigenvalue weighted by molar-refractivity contribution is 5.80. The third-order valence-electron chi connectivity index (χ3n) is 7.04. The number of imidazole rings is 1. The van der Waals surface area contributed by atoms with Gasteiger partial charge in [0.2, 0.25) is 11.9 Å². The molecule has 0 unspecified atom stereocenters. The van der Waals surface area contributed by atoms with Gasteiger partial charge in [-0.15, -0.1) is 0 Å². The van der Waals surface area contributed by atoms with E-state index in [1.54, 1.807) is 0 Å². The van der Waals surface area contributed by atoms with Crippen LogP contribution in [0.1, 0.15) is 30.9 Å². The molecule has 168 valence electrons. The number of aromatic amines is 1. The summed E-state index contributed by atoms with van der Waals surface area (Å²) in [5.41, 5.74) is 5.86. The molecular formula is C26H33N5O. The fourth-order valence-electron chi connectivity index (χ4n) is 5.20. The molecule has 0 bridgehead atoms. The molecule has 0 aliphatic carbocycles. The van der Waals surface area contributed by atoms with Crippen molar-refractivity contribution in [1.82, 2.24) is 14.9 Å². The van der Waals surface area contributed by atoms with Gasteiger partial charge < -0.3 is 19.7 Å². The molecule has 3 aromatic rings. The van der Waals surface area contributed by atoms with Crippen molar-refractivity contribution in [3.05, 3.63) is 53.6 Å². The molecule has 0 spiro atoms. The third kappa shape index (κ3) is 4.06. The zero-order chi connectivity index (χ0) is 22.2. The largest absolute Gasteiger partial charge is 0.365 e. The molecule has 1 aromatic heterocycles. The van der Waals surface area contributed by atoms with Gasteiger partial charge in [0.1, 0.15) is 0 Å². The topological polar surface area (TPSA) is 55.5 Å². The number of piperazine rings is 1. The second kappa shape index (κ2) is 8.49. The van der Waals surface area contributed by atoms with Gasteiger partial charge in [-0.05, 0) is 69.0 Å². The Morgan fingerprint density at radius 1 is 1.00 bits per heavy atom. The molecule has 1 N–H and O–H groups in total. The van der Waals surface area contributed by atoms with Crippen LogP contribution in [0.2, 0.25) is 0 Å². The van der Waals surface area contributed by atoms with E-state index in [-0.39, 0.29) is 5.92 Å². The van der Waals surface area contributed by atoms with E-state index < -0.39 is 0 Å². The minimum atomic E-state index is 0.121. The number of amides is 1. The number of hydrogen-bond acceptors (Lipinski definition) is 4. The second-order valence-corrected chi connectivity index (χ2v) is 9.51. The Hall–Kier alpha value is -3.02. The number of aryl methyl sites for hydroxylation is 2. The molecule has 2 aromatic carbocycles. The van der Waals surface area contributed by atoms with Crippen LogP contribution in [0.4, 0.5) is 11.6 Å². The Balaban J connectivity index is 1.18. The maximum Gasteiger partial charge on any atom is 0.225 e. The lowest BCUT2D eigenvalue weighted by Crippen LogP contribution is -2.55. The minimum absolute atomic E-state index is 0.121. The number of piperidine rings is 1. The number of nitrogens with one attached hydrogen (secondary N) is 1. The molecule has 0 saturated carbocycles. The number of carbonyl (C=O) groups excluding carboxylic acids is 1. The summed E-state index contributed by atoms with van der Waals surface area (Å²) < 4.78 is 0. The molecule has 5 rings (SSSR count). The van der Waals surface area contributed by atoms with Gasteiger partial charge in [-0.2, -0.15) is 0 Å². The summed E-state index contributed by atoms with van der Waals surface area (Å²) in [7, 11) is 0. The summed E-state index contributed by atoms with van der Waals surface area (Å²) in [6.07, 6.45) is 1.78. The van der Waals surface area contributed by atoms with Crippen LogP contribution >= 0.6 is 0 Å². The molecule has 3 heterocycles. The molecular weight excluding hydrogens is 398 g/mol. The summed E-state index contributed by atoms with van der Waals surface area (Å²) in [4.78, 5) is 28.3. The first-order valence-electron chi connectivity index (χ1n) is 11.8. The zero-order valence-corrected chi connectivity index (χ0v) is 19.3. The van der Waals surface area contributed by atoms with Crippen molar-refractivity contribution >= 4 is 28.6 Å². The Labute approximate surface area is 190 Å². The van der Waals surface area contributed by atoms with E-state index in [0.717, 1.165) is 62.5 Å². The van der Waals surface area contributed by atoms with E-state index in [1.165, 1.54) is 16.8 Å². The van der Waals surface area contributed by atoms with Gasteiger partial charge >= 0.3 is 0 Å². The van der Waals surface area contributed by atoms with Gasteiger partial charge in [0.25, 0.3) is 0 Å². The number of rotatable bonds is 3. The Bertz CT molecular complexity index is 1110. The molecule has 6 heteroatoms. The lowest BCUT2D eigenvalue weighted by molar-refractivity contribution is -0.137. The van der Waals surface area contributed by atoms with Crippen molar-refractivity contribution in [3.63, 3.8) is 0 Å². The van der Waals surface area contributed by atoms with Crippen molar-refractivity contribution in [1.29, 1.82) is 0 Å². The van der Waals surface area contributed by atoms with Crippen molar-refractivity contribution in [2.75, 3.05) is 42.5 Å². The van der Waals surface area contributed by atoms with Crippen LogP contribution in [0.25, 0.3) is 11.0 Å². The molecule has 2 fully saturated rings. The van der Waals surface area contributed by atoms with Crippen molar-refractivity contribution < 1.29 is 4.79 Å². The van der Waals surface area contributed by atoms with Crippen LogP contribution in [-0.2, 0) is 4.79 Å². The summed E-state index contributed by atoms with van der Waals surface area (Å²) in [6.45, 7) is 10.7. The molecule has 32 heavy (non-hydrogen) atoms. The molecule has 2 aliphatic rings. The van der Waals surface area contributed by atoms with Gasteiger partial charge in [0, 0.05) is 50.4 Å². The van der Waals surface area contributed by atoms with Gasteiger partial charge in [-0.3, -0.25) is 4.79 Å². The first kappa shape index (κ1) is 20.9. The van der Waals surface area contributed by atoms with E-state index in [9.17, 15) is 4.79 Å². The predicted octanol–water partition coefficient (Wildman–Crippen LogP) is 4.13. The van der Waals surface area contributed by atoms with Gasteiger partial charge in [-0.1, -0.05) is 18.2 Å². The van der Waals surface area contributed by atoms with Gasteiger partial charge in [-0.25, -0.2) is 4.98 Å². The molecule has 2 saturated heterocycles. The second-order valence-electron chi connectivity index (χ2n) is 9.51. The molecule has 6 nitrogen and oxygen atoms in total. The van der Waals surface area contributed by atoms with E-state index in [1.807, 2.05) is 0 Å². The van der Waals surface area contributed by atoms with Crippen molar-refractivity contribution in [3.8, 4) is 0 Å². The highest BCUT2D eigenvalue weighted by Gasteiger charge is 2.33. The van der Waals surface area contributed by atoms with Crippen molar-refractivity contribution in [2.45, 2.75) is 39.7 Å². The Kier molecular flexibility index (Phi) is 5.53. The van der Waals surface area contributed by atoms with E-state index >= 15 is 0 Å². The minimum Gasteiger partial charge on any atom is -0.365 e. The van der Waals surface area contributed by atoms with Crippen LogP contribution in [0.5, 0.6) is 0 Å². The van der Waals surface area contributed by atoms with Crippen LogP contribution in [0.15, 0.2) is 42.5 Å². The first-order valence-corrected chi connectivity index (χ1v) is 11.8. The molecule has 2 aliphatic heterocycles. The lowest BCUT2D eigenvalue weighted by Gasteiger charge is -2.43. The number of aromatic nitrogens is 2. The van der Waals surface area contributed by atoms with Gasteiger partial charge in [0.05, 0.1) is 11.0 Å². The highest BCUT2D eigenvalue weighted by Crippen LogP contribution is 2.27. The number of H-pyrrole nitrogens is 1. The van der Waals surface area contributed by atoms with Gasteiger partial charge in [0.15, 0.2) is 0 Å².